The number of carbonyl (C=O) groups is 1. The highest BCUT2D eigenvalue weighted by Gasteiger charge is 2.13. The third-order valence-electron chi connectivity index (χ3n) is 3.47. The minimum Gasteiger partial charge on any atom is -0.466 e. The summed E-state index contributed by atoms with van der Waals surface area (Å²) in [4.78, 5) is 15.7. The quantitative estimate of drug-likeness (QED) is 0.590. The van der Waals surface area contributed by atoms with E-state index in [-0.39, 0.29) is 12.4 Å². The van der Waals surface area contributed by atoms with Crippen molar-refractivity contribution in [2.45, 2.75) is 51.6 Å². The molecule has 0 unspecified atom stereocenters. The smallest absolute Gasteiger partial charge is 0.311 e. The Morgan fingerprint density at radius 3 is 3.00 bits per heavy atom. The molecule has 6 heteroatoms. The van der Waals surface area contributed by atoms with Crippen molar-refractivity contribution in [3.8, 4) is 0 Å². The number of hydrogen-bond acceptors (Lipinski definition) is 6. The van der Waals surface area contributed by atoms with Gasteiger partial charge in [0, 0.05) is 11.9 Å². The number of esters is 1. The number of rotatable bonds is 8. The molecule has 1 N–H and O–H groups in total. The van der Waals surface area contributed by atoms with E-state index in [2.05, 4.69) is 10.3 Å². The van der Waals surface area contributed by atoms with Gasteiger partial charge in [-0.05, 0) is 19.8 Å². The number of thiazole rings is 1. The minimum atomic E-state index is -0.227. The van der Waals surface area contributed by atoms with Crippen molar-refractivity contribution in [2.24, 2.45) is 0 Å². The summed E-state index contributed by atoms with van der Waals surface area (Å²) in [6.45, 7) is 3.67. The van der Waals surface area contributed by atoms with Gasteiger partial charge >= 0.3 is 5.97 Å². The lowest BCUT2D eigenvalue weighted by molar-refractivity contribution is -0.142. The predicted molar refractivity (Wildman–Crippen MR) is 83.8 cm³/mol. The number of nitrogens with one attached hydrogen (secondary N) is 1. The topological polar surface area (TPSA) is 60.5 Å². The Kier molecular flexibility index (Phi) is 6.95. The zero-order valence-corrected chi connectivity index (χ0v) is 13.4. The molecule has 1 saturated carbocycles. The fourth-order valence-electron chi connectivity index (χ4n) is 2.44. The normalized spacial score (nSPS) is 15.9. The highest BCUT2D eigenvalue weighted by molar-refractivity contribution is 7.13. The van der Waals surface area contributed by atoms with Crippen LogP contribution in [0.15, 0.2) is 5.38 Å². The van der Waals surface area contributed by atoms with E-state index >= 15 is 0 Å². The molecule has 1 aliphatic carbocycles. The molecule has 0 bridgehead atoms. The van der Waals surface area contributed by atoms with Gasteiger partial charge in [-0.25, -0.2) is 4.98 Å². The highest BCUT2D eigenvalue weighted by atomic mass is 32.1. The summed E-state index contributed by atoms with van der Waals surface area (Å²) in [5.74, 6) is -0.227. The van der Waals surface area contributed by atoms with Gasteiger partial charge in [0.15, 0.2) is 5.13 Å². The number of anilines is 1. The number of hydrogen-bond donors (Lipinski definition) is 1. The van der Waals surface area contributed by atoms with Gasteiger partial charge in [-0.2, -0.15) is 0 Å². The van der Waals surface area contributed by atoms with E-state index in [1.165, 1.54) is 43.4 Å². The van der Waals surface area contributed by atoms with Gasteiger partial charge in [0.05, 0.1) is 31.4 Å². The first kappa shape index (κ1) is 16.2. The van der Waals surface area contributed by atoms with Gasteiger partial charge in [0.25, 0.3) is 0 Å². The molecule has 0 amide bonds. The molecule has 5 nitrogen and oxygen atoms in total. The summed E-state index contributed by atoms with van der Waals surface area (Å²) < 4.78 is 10.8. The van der Waals surface area contributed by atoms with Crippen molar-refractivity contribution in [1.82, 2.24) is 4.98 Å². The number of carbonyl (C=O) groups excluding carboxylic acids is 1. The molecule has 0 aromatic carbocycles. The Morgan fingerprint density at radius 2 is 2.24 bits per heavy atom. The molecule has 1 aliphatic rings. The van der Waals surface area contributed by atoms with E-state index in [0.717, 1.165) is 17.4 Å². The lowest BCUT2D eigenvalue weighted by atomic mass is 9.98. The second-order valence-corrected chi connectivity index (χ2v) is 6.04. The zero-order chi connectivity index (χ0) is 14.9. The SMILES string of the molecule is CCOC(=O)Cc1csc(NCCOC2CCCCC2)n1. The van der Waals surface area contributed by atoms with Crippen LogP contribution in [0.5, 0.6) is 0 Å². The monoisotopic (exact) mass is 312 g/mol. The van der Waals surface area contributed by atoms with Gasteiger partial charge < -0.3 is 14.8 Å². The summed E-state index contributed by atoms with van der Waals surface area (Å²) in [5.41, 5.74) is 0.758. The molecule has 21 heavy (non-hydrogen) atoms. The molecular weight excluding hydrogens is 288 g/mol. The maximum Gasteiger partial charge on any atom is 0.311 e. The number of aromatic nitrogens is 1. The molecule has 1 heterocycles. The van der Waals surface area contributed by atoms with Crippen LogP contribution in [0.2, 0.25) is 0 Å². The molecule has 0 saturated heterocycles. The van der Waals surface area contributed by atoms with Crippen molar-refractivity contribution in [3.05, 3.63) is 11.1 Å². The number of nitrogens with zero attached hydrogens (tertiary/aromatic N) is 1. The van der Waals surface area contributed by atoms with Gasteiger partial charge in [0.1, 0.15) is 0 Å². The molecule has 2 rings (SSSR count). The fourth-order valence-corrected chi connectivity index (χ4v) is 3.18. The lowest BCUT2D eigenvalue weighted by Gasteiger charge is -2.21. The Hall–Kier alpha value is -1.14. The van der Waals surface area contributed by atoms with Crippen LogP contribution in [-0.4, -0.2) is 36.8 Å². The Balaban J connectivity index is 1.62. The van der Waals surface area contributed by atoms with Gasteiger partial charge in [-0.1, -0.05) is 19.3 Å². The van der Waals surface area contributed by atoms with Crippen LogP contribution < -0.4 is 5.32 Å². The Bertz CT molecular complexity index is 430. The van der Waals surface area contributed by atoms with Crippen molar-refractivity contribution < 1.29 is 14.3 Å². The van der Waals surface area contributed by atoms with Crippen molar-refractivity contribution in [2.75, 3.05) is 25.1 Å². The summed E-state index contributed by atoms with van der Waals surface area (Å²) in [5, 5.41) is 5.97. The van der Waals surface area contributed by atoms with Crippen LogP contribution >= 0.6 is 11.3 Å². The van der Waals surface area contributed by atoms with Crippen LogP contribution in [0.3, 0.4) is 0 Å². The molecule has 0 aliphatic heterocycles. The number of ether oxygens (including phenoxy) is 2. The first-order valence-electron chi connectivity index (χ1n) is 7.73. The Morgan fingerprint density at radius 1 is 1.43 bits per heavy atom. The van der Waals surface area contributed by atoms with Gasteiger partial charge in [-0.3, -0.25) is 4.79 Å². The van der Waals surface area contributed by atoms with E-state index < -0.39 is 0 Å². The fraction of sp³-hybridized carbons (Fsp3) is 0.733. The minimum absolute atomic E-state index is 0.227. The van der Waals surface area contributed by atoms with E-state index in [4.69, 9.17) is 9.47 Å². The average molecular weight is 312 g/mol. The van der Waals surface area contributed by atoms with Crippen molar-refractivity contribution in [3.63, 3.8) is 0 Å². The maximum absolute atomic E-state index is 11.4. The molecule has 0 atom stereocenters. The molecule has 0 radical (unpaired) electrons. The summed E-state index contributed by atoms with van der Waals surface area (Å²) in [6.07, 6.45) is 7.01. The van der Waals surface area contributed by atoms with E-state index in [9.17, 15) is 4.79 Å². The third kappa shape index (κ3) is 6.01. The average Bonchev–Trinajstić information content (AvgIpc) is 2.92. The third-order valence-corrected chi connectivity index (χ3v) is 4.32. The maximum atomic E-state index is 11.4. The van der Waals surface area contributed by atoms with Crippen molar-refractivity contribution in [1.29, 1.82) is 0 Å². The van der Waals surface area contributed by atoms with Crippen LogP contribution in [0.4, 0.5) is 5.13 Å². The molecule has 1 aromatic rings. The van der Waals surface area contributed by atoms with E-state index in [0.29, 0.717) is 19.3 Å². The van der Waals surface area contributed by atoms with Crippen LogP contribution in [0, 0.1) is 0 Å². The van der Waals surface area contributed by atoms with Crippen LogP contribution in [-0.2, 0) is 20.7 Å². The Labute approximate surface area is 130 Å². The highest BCUT2D eigenvalue weighted by Crippen LogP contribution is 2.20. The first-order valence-corrected chi connectivity index (χ1v) is 8.61. The second-order valence-electron chi connectivity index (χ2n) is 5.18. The standard InChI is InChI=1S/C15H24N2O3S/c1-2-19-14(18)10-12-11-21-15(17-12)16-8-9-20-13-6-4-3-5-7-13/h11,13H,2-10H2,1H3,(H,16,17). The first-order chi connectivity index (χ1) is 10.3. The predicted octanol–water partition coefficient (Wildman–Crippen LogP) is 3.01. The summed E-state index contributed by atoms with van der Waals surface area (Å²) >= 11 is 1.51. The van der Waals surface area contributed by atoms with Crippen LogP contribution in [0.1, 0.15) is 44.7 Å². The van der Waals surface area contributed by atoms with Crippen LogP contribution in [0.25, 0.3) is 0 Å². The van der Waals surface area contributed by atoms with E-state index in [1.54, 1.807) is 6.92 Å². The zero-order valence-electron chi connectivity index (χ0n) is 12.6. The molecular formula is C15H24N2O3S. The molecule has 118 valence electrons. The summed E-state index contributed by atoms with van der Waals surface area (Å²) in [7, 11) is 0. The lowest BCUT2D eigenvalue weighted by Crippen LogP contribution is -2.20. The largest absolute Gasteiger partial charge is 0.466 e. The van der Waals surface area contributed by atoms with E-state index in [1.807, 2.05) is 5.38 Å². The van der Waals surface area contributed by atoms with Crippen molar-refractivity contribution >= 4 is 22.4 Å². The molecule has 0 spiro atoms. The van der Waals surface area contributed by atoms with Gasteiger partial charge in [-0.15, -0.1) is 11.3 Å². The summed E-state index contributed by atoms with van der Waals surface area (Å²) in [6, 6.07) is 0. The van der Waals surface area contributed by atoms with Gasteiger partial charge in [0.2, 0.25) is 0 Å². The molecule has 1 aromatic heterocycles. The second kappa shape index (κ2) is 9.00. The molecule has 1 fully saturated rings.